The standard InChI is InChI=1S/C12H23N3O/c1-3-10(2)12-14-11(16-15-12)8-6-4-5-7-9-13/h10H,3-9,13H2,1-2H3. The number of unbranched alkanes of at least 4 members (excludes halogenated alkanes) is 3. The number of hydrogen-bond donors (Lipinski definition) is 1. The van der Waals surface area contributed by atoms with E-state index in [4.69, 9.17) is 10.3 Å². The molecular weight excluding hydrogens is 202 g/mol. The molecule has 0 aliphatic rings. The van der Waals surface area contributed by atoms with Crippen LogP contribution in [0, 0.1) is 0 Å². The summed E-state index contributed by atoms with van der Waals surface area (Å²) in [6.45, 7) is 5.04. The van der Waals surface area contributed by atoms with Gasteiger partial charge < -0.3 is 10.3 Å². The zero-order valence-electron chi connectivity index (χ0n) is 10.4. The summed E-state index contributed by atoms with van der Waals surface area (Å²) in [5, 5.41) is 4.00. The molecule has 0 bridgehead atoms. The SMILES string of the molecule is CCC(C)c1noc(CCCCCCN)n1. The van der Waals surface area contributed by atoms with Gasteiger partial charge in [0.2, 0.25) is 5.89 Å². The lowest BCUT2D eigenvalue weighted by Gasteiger charge is -1.99. The van der Waals surface area contributed by atoms with E-state index in [0.717, 1.165) is 43.9 Å². The minimum Gasteiger partial charge on any atom is -0.339 e. The molecule has 16 heavy (non-hydrogen) atoms. The average Bonchev–Trinajstić information content (AvgIpc) is 2.76. The molecule has 0 aromatic carbocycles. The van der Waals surface area contributed by atoms with Crippen LogP contribution in [0.2, 0.25) is 0 Å². The van der Waals surface area contributed by atoms with Crippen LogP contribution in [0.4, 0.5) is 0 Å². The normalized spacial score (nSPS) is 12.9. The third kappa shape index (κ3) is 4.31. The van der Waals surface area contributed by atoms with Crippen molar-refractivity contribution in [2.24, 2.45) is 5.73 Å². The highest BCUT2D eigenvalue weighted by molar-refractivity contribution is 4.92. The molecule has 2 N–H and O–H groups in total. The predicted molar refractivity (Wildman–Crippen MR) is 64.2 cm³/mol. The second kappa shape index (κ2) is 7.39. The molecule has 0 aliphatic heterocycles. The number of rotatable bonds is 8. The van der Waals surface area contributed by atoms with Crippen molar-refractivity contribution in [1.82, 2.24) is 10.1 Å². The van der Waals surface area contributed by atoms with Gasteiger partial charge in [0.05, 0.1) is 0 Å². The second-order valence-corrected chi connectivity index (χ2v) is 4.31. The number of aryl methyl sites for hydroxylation is 1. The summed E-state index contributed by atoms with van der Waals surface area (Å²) in [5.74, 6) is 2.03. The Kier molecular flexibility index (Phi) is 6.08. The Morgan fingerprint density at radius 1 is 1.25 bits per heavy atom. The van der Waals surface area contributed by atoms with Crippen molar-refractivity contribution in [2.75, 3.05) is 6.54 Å². The molecule has 4 nitrogen and oxygen atoms in total. The van der Waals surface area contributed by atoms with Crippen molar-refractivity contribution in [1.29, 1.82) is 0 Å². The van der Waals surface area contributed by atoms with Gasteiger partial charge >= 0.3 is 0 Å². The third-order valence-corrected chi connectivity index (χ3v) is 2.88. The van der Waals surface area contributed by atoms with Crippen molar-refractivity contribution in [3.8, 4) is 0 Å². The highest BCUT2D eigenvalue weighted by atomic mass is 16.5. The van der Waals surface area contributed by atoms with E-state index >= 15 is 0 Å². The maximum atomic E-state index is 5.43. The molecule has 0 aliphatic carbocycles. The molecule has 1 rings (SSSR count). The number of hydrogen-bond acceptors (Lipinski definition) is 4. The van der Waals surface area contributed by atoms with Gasteiger partial charge in [-0.05, 0) is 25.8 Å². The minimum absolute atomic E-state index is 0.398. The van der Waals surface area contributed by atoms with E-state index in [-0.39, 0.29) is 0 Å². The van der Waals surface area contributed by atoms with Gasteiger partial charge in [-0.2, -0.15) is 4.98 Å². The highest BCUT2D eigenvalue weighted by Crippen LogP contribution is 2.15. The van der Waals surface area contributed by atoms with E-state index in [2.05, 4.69) is 24.0 Å². The monoisotopic (exact) mass is 225 g/mol. The van der Waals surface area contributed by atoms with Crippen molar-refractivity contribution in [3.05, 3.63) is 11.7 Å². The number of aromatic nitrogens is 2. The first-order chi connectivity index (χ1) is 7.77. The van der Waals surface area contributed by atoms with Crippen molar-refractivity contribution < 1.29 is 4.52 Å². The molecule has 1 atom stereocenters. The van der Waals surface area contributed by atoms with Crippen LogP contribution >= 0.6 is 0 Å². The van der Waals surface area contributed by atoms with E-state index in [0.29, 0.717) is 5.92 Å². The van der Waals surface area contributed by atoms with E-state index in [1.807, 2.05) is 0 Å². The van der Waals surface area contributed by atoms with Gasteiger partial charge in [0.25, 0.3) is 0 Å². The lowest BCUT2D eigenvalue weighted by molar-refractivity contribution is 0.365. The lowest BCUT2D eigenvalue weighted by atomic mass is 10.1. The smallest absolute Gasteiger partial charge is 0.226 e. The molecule has 0 fully saturated rings. The molecule has 0 amide bonds. The van der Waals surface area contributed by atoms with Crippen LogP contribution in [0.1, 0.15) is 63.6 Å². The van der Waals surface area contributed by atoms with Crippen LogP contribution in [0.3, 0.4) is 0 Å². The largest absolute Gasteiger partial charge is 0.339 e. The molecule has 1 aromatic heterocycles. The first kappa shape index (κ1) is 13.2. The molecule has 0 saturated heterocycles. The maximum Gasteiger partial charge on any atom is 0.226 e. The summed E-state index contributed by atoms with van der Waals surface area (Å²) in [5.41, 5.74) is 5.43. The highest BCUT2D eigenvalue weighted by Gasteiger charge is 2.11. The van der Waals surface area contributed by atoms with E-state index in [1.54, 1.807) is 0 Å². The fraction of sp³-hybridized carbons (Fsp3) is 0.833. The lowest BCUT2D eigenvalue weighted by Crippen LogP contribution is -1.98. The molecule has 92 valence electrons. The van der Waals surface area contributed by atoms with Crippen LogP contribution in [0.15, 0.2) is 4.52 Å². The van der Waals surface area contributed by atoms with E-state index < -0.39 is 0 Å². The Labute approximate surface area is 97.6 Å². The number of nitrogens with zero attached hydrogens (tertiary/aromatic N) is 2. The molecule has 0 radical (unpaired) electrons. The summed E-state index contributed by atoms with van der Waals surface area (Å²) in [4.78, 5) is 4.40. The Hall–Kier alpha value is -0.900. The molecule has 1 aromatic rings. The Balaban J connectivity index is 2.24. The van der Waals surface area contributed by atoms with Crippen LogP contribution in [0.25, 0.3) is 0 Å². The van der Waals surface area contributed by atoms with Crippen LogP contribution < -0.4 is 5.73 Å². The van der Waals surface area contributed by atoms with E-state index in [1.165, 1.54) is 12.8 Å². The van der Waals surface area contributed by atoms with Crippen molar-refractivity contribution in [2.45, 2.75) is 58.3 Å². The Morgan fingerprint density at radius 3 is 2.69 bits per heavy atom. The first-order valence-corrected chi connectivity index (χ1v) is 6.30. The van der Waals surface area contributed by atoms with Crippen LogP contribution in [-0.4, -0.2) is 16.7 Å². The fourth-order valence-corrected chi connectivity index (χ4v) is 1.53. The Morgan fingerprint density at radius 2 is 2.00 bits per heavy atom. The number of nitrogens with two attached hydrogens (primary N) is 1. The summed E-state index contributed by atoms with van der Waals surface area (Å²) < 4.78 is 5.21. The zero-order chi connectivity index (χ0) is 11.8. The summed E-state index contributed by atoms with van der Waals surface area (Å²) in [6.07, 6.45) is 6.56. The second-order valence-electron chi connectivity index (χ2n) is 4.31. The van der Waals surface area contributed by atoms with Gasteiger partial charge in [-0.25, -0.2) is 0 Å². The van der Waals surface area contributed by atoms with Crippen LogP contribution in [0.5, 0.6) is 0 Å². The molecule has 1 unspecified atom stereocenters. The van der Waals surface area contributed by atoms with Gasteiger partial charge in [0.15, 0.2) is 5.82 Å². The third-order valence-electron chi connectivity index (χ3n) is 2.88. The summed E-state index contributed by atoms with van der Waals surface area (Å²) in [7, 11) is 0. The van der Waals surface area contributed by atoms with Gasteiger partial charge in [-0.1, -0.05) is 31.8 Å². The minimum atomic E-state index is 0.398. The van der Waals surface area contributed by atoms with Crippen LogP contribution in [-0.2, 0) is 6.42 Å². The summed E-state index contributed by atoms with van der Waals surface area (Å²) >= 11 is 0. The molecule has 0 spiro atoms. The zero-order valence-corrected chi connectivity index (χ0v) is 10.4. The Bertz CT molecular complexity index is 286. The average molecular weight is 225 g/mol. The molecule has 0 saturated carbocycles. The fourth-order valence-electron chi connectivity index (χ4n) is 1.53. The molecular formula is C12H23N3O. The van der Waals surface area contributed by atoms with Crippen molar-refractivity contribution in [3.63, 3.8) is 0 Å². The molecule has 4 heteroatoms. The quantitative estimate of drug-likeness (QED) is 0.691. The predicted octanol–water partition coefficient (Wildman–Crippen LogP) is 2.64. The summed E-state index contributed by atoms with van der Waals surface area (Å²) in [6, 6.07) is 0. The molecule has 1 heterocycles. The first-order valence-electron chi connectivity index (χ1n) is 6.30. The maximum absolute atomic E-state index is 5.43. The van der Waals surface area contributed by atoms with Gasteiger partial charge in [-0.3, -0.25) is 0 Å². The topological polar surface area (TPSA) is 64.9 Å². The van der Waals surface area contributed by atoms with Crippen molar-refractivity contribution >= 4 is 0 Å². The van der Waals surface area contributed by atoms with Gasteiger partial charge in [-0.15, -0.1) is 0 Å². The van der Waals surface area contributed by atoms with Gasteiger partial charge in [0, 0.05) is 12.3 Å². The van der Waals surface area contributed by atoms with Gasteiger partial charge in [0.1, 0.15) is 0 Å². The van der Waals surface area contributed by atoms with E-state index in [9.17, 15) is 0 Å².